The van der Waals surface area contributed by atoms with Crippen molar-refractivity contribution in [2.45, 2.75) is 106 Å². The molecule has 164 valence electrons. The van der Waals surface area contributed by atoms with Crippen LogP contribution < -0.4 is 0 Å². The highest BCUT2D eigenvalue weighted by Crippen LogP contribution is 2.23. The van der Waals surface area contributed by atoms with E-state index in [1.807, 2.05) is 27.7 Å². The van der Waals surface area contributed by atoms with E-state index in [1.54, 1.807) is 0 Å². The van der Waals surface area contributed by atoms with Gasteiger partial charge in [0, 0.05) is 11.1 Å². The van der Waals surface area contributed by atoms with Gasteiger partial charge in [0.15, 0.2) is 0 Å². The fourth-order valence-corrected chi connectivity index (χ4v) is 2.87. The van der Waals surface area contributed by atoms with Crippen LogP contribution in [0.15, 0.2) is 11.1 Å². The van der Waals surface area contributed by atoms with E-state index in [9.17, 15) is 9.59 Å². The number of carbonyl (C=O) groups is 2. The maximum atomic E-state index is 12.8. The summed E-state index contributed by atoms with van der Waals surface area (Å²) in [5, 5.41) is 0. The summed E-state index contributed by atoms with van der Waals surface area (Å²) < 4.78 is 11.0. The van der Waals surface area contributed by atoms with Crippen LogP contribution in [-0.4, -0.2) is 25.2 Å². The molecule has 0 unspecified atom stereocenters. The molecule has 0 N–H and O–H groups in total. The Balaban J connectivity index is 5.42. The van der Waals surface area contributed by atoms with Crippen LogP contribution in [0.2, 0.25) is 0 Å². The maximum absolute atomic E-state index is 12.8. The Morgan fingerprint density at radius 1 is 0.607 bits per heavy atom. The molecule has 0 aromatic heterocycles. The van der Waals surface area contributed by atoms with Gasteiger partial charge >= 0.3 is 11.9 Å². The number of unbranched alkanes of at least 4 members (excludes halogenated alkanes) is 6. The minimum atomic E-state index is -0.338. The molecule has 28 heavy (non-hydrogen) atoms. The molecule has 0 heterocycles. The molecule has 4 nitrogen and oxygen atoms in total. The van der Waals surface area contributed by atoms with Crippen molar-refractivity contribution in [1.29, 1.82) is 0 Å². The van der Waals surface area contributed by atoms with Gasteiger partial charge in [0.2, 0.25) is 0 Å². The zero-order valence-corrected chi connectivity index (χ0v) is 19.3. The van der Waals surface area contributed by atoms with Gasteiger partial charge in [-0.1, -0.05) is 80.1 Å². The molecule has 0 atom stereocenters. The first-order valence-electron chi connectivity index (χ1n) is 11.4. The van der Waals surface area contributed by atoms with Gasteiger partial charge in [-0.05, 0) is 37.5 Å². The lowest BCUT2D eigenvalue weighted by Crippen LogP contribution is -2.20. The van der Waals surface area contributed by atoms with E-state index in [0.29, 0.717) is 37.2 Å². The van der Waals surface area contributed by atoms with Crippen LogP contribution in [0, 0.1) is 11.8 Å². The van der Waals surface area contributed by atoms with Crippen molar-refractivity contribution in [2.75, 3.05) is 13.2 Å². The second kappa shape index (κ2) is 16.6. The van der Waals surface area contributed by atoms with E-state index in [1.165, 1.54) is 12.8 Å². The van der Waals surface area contributed by atoms with E-state index < -0.39 is 0 Å². The molecular weight excluding hydrogens is 352 g/mol. The zero-order valence-electron chi connectivity index (χ0n) is 19.3. The van der Waals surface area contributed by atoms with Gasteiger partial charge in [0.1, 0.15) is 0 Å². The molecule has 0 rings (SSSR count). The van der Waals surface area contributed by atoms with Crippen LogP contribution in [-0.2, 0) is 19.1 Å². The van der Waals surface area contributed by atoms with Gasteiger partial charge in [-0.25, -0.2) is 9.59 Å². The molecule has 0 aliphatic rings. The topological polar surface area (TPSA) is 52.6 Å². The number of hydrogen-bond donors (Lipinski definition) is 0. The Hall–Kier alpha value is -1.32. The van der Waals surface area contributed by atoms with Gasteiger partial charge < -0.3 is 9.47 Å². The van der Waals surface area contributed by atoms with Gasteiger partial charge in [0.25, 0.3) is 0 Å². The van der Waals surface area contributed by atoms with Crippen molar-refractivity contribution in [3.8, 4) is 0 Å². The molecule has 0 fully saturated rings. The molecule has 0 bridgehead atoms. The van der Waals surface area contributed by atoms with Crippen LogP contribution in [0.3, 0.4) is 0 Å². The molecule has 0 amide bonds. The normalized spacial score (nSPS) is 12.3. The zero-order chi connectivity index (χ0) is 21.4. The average molecular weight is 397 g/mol. The van der Waals surface area contributed by atoms with Crippen LogP contribution >= 0.6 is 0 Å². The summed E-state index contributed by atoms with van der Waals surface area (Å²) in [6.45, 7) is 13.1. The first-order chi connectivity index (χ1) is 13.3. The maximum Gasteiger partial charge on any atom is 0.334 e. The van der Waals surface area contributed by atoms with Crippen molar-refractivity contribution < 1.29 is 19.1 Å². The lowest BCUT2D eigenvalue weighted by atomic mass is 9.96. The van der Waals surface area contributed by atoms with Crippen LogP contribution in [0.5, 0.6) is 0 Å². The number of carbonyl (C=O) groups excluding carboxylic acids is 2. The molecular formula is C24H44O4. The highest BCUT2D eigenvalue weighted by Gasteiger charge is 2.23. The van der Waals surface area contributed by atoms with E-state index in [2.05, 4.69) is 13.8 Å². The van der Waals surface area contributed by atoms with Crippen molar-refractivity contribution in [1.82, 2.24) is 0 Å². The highest BCUT2D eigenvalue weighted by molar-refractivity contribution is 6.00. The fourth-order valence-electron chi connectivity index (χ4n) is 2.87. The second-order valence-electron chi connectivity index (χ2n) is 8.56. The Morgan fingerprint density at radius 3 is 1.36 bits per heavy atom. The third-order valence-corrected chi connectivity index (χ3v) is 4.51. The number of hydrogen-bond acceptors (Lipinski definition) is 4. The largest absolute Gasteiger partial charge is 0.462 e. The summed E-state index contributed by atoms with van der Waals surface area (Å²) in [5.74, 6) is -0.135. The smallest absolute Gasteiger partial charge is 0.334 e. The molecule has 4 heteroatoms. The summed E-state index contributed by atoms with van der Waals surface area (Å²) >= 11 is 0. The van der Waals surface area contributed by atoms with E-state index in [4.69, 9.17) is 9.47 Å². The van der Waals surface area contributed by atoms with Gasteiger partial charge in [0.05, 0.1) is 13.2 Å². The summed E-state index contributed by atoms with van der Waals surface area (Å²) in [6, 6.07) is 0. The van der Waals surface area contributed by atoms with Crippen molar-refractivity contribution in [3.63, 3.8) is 0 Å². The Morgan fingerprint density at radius 2 is 0.964 bits per heavy atom. The molecule has 0 aromatic rings. The third kappa shape index (κ3) is 13.0. The molecule has 0 saturated heterocycles. The monoisotopic (exact) mass is 396 g/mol. The third-order valence-electron chi connectivity index (χ3n) is 4.51. The minimum absolute atomic E-state index is 0.270. The van der Waals surface area contributed by atoms with Crippen molar-refractivity contribution in [2.24, 2.45) is 11.8 Å². The highest BCUT2D eigenvalue weighted by atomic mass is 16.5. The van der Waals surface area contributed by atoms with E-state index in [0.717, 1.165) is 38.5 Å². The molecule has 0 aliphatic carbocycles. The molecule has 0 spiro atoms. The van der Waals surface area contributed by atoms with Crippen molar-refractivity contribution >= 4 is 11.9 Å². The summed E-state index contributed by atoms with van der Waals surface area (Å²) in [7, 11) is 0. The predicted molar refractivity (Wildman–Crippen MR) is 116 cm³/mol. The van der Waals surface area contributed by atoms with Crippen molar-refractivity contribution in [3.05, 3.63) is 11.1 Å². The lowest BCUT2D eigenvalue weighted by Gasteiger charge is -2.16. The van der Waals surface area contributed by atoms with Gasteiger partial charge in [-0.3, -0.25) is 0 Å². The van der Waals surface area contributed by atoms with E-state index in [-0.39, 0.29) is 23.8 Å². The SMILES string of the molecule is CCCCCCCC(C(=O)OCC(C)C)=C(CCCCC)C(=O)OCC(C)C. The number of rotatable bonds is 16. The lowest BCUT2D eigenvalue weighted by molar-refractivity contribution is -0.143. The fraction of sp³-hybridized carbons (Fsp3) is 0.833. The van der Waals surface area contributed by atoms with Crippen LogP contribution in [0.25, 0.3) is 0 Å². The van der Waals surface area contributed by atoms with E-state index >= 15 is 0 Å². The molecule has 0 aliphatic heterocycles. The summed E-state index contributed by atoms with van der Waals surface area (Å²) in [5.41, 5.74) is 1.08. The first kappa shape index (κ1) is 26.7. The Bertz CT molecular complexity index is 463. The molecule has 0 saturated carbocycles. The predicted octanol–water partition coefficient (Wildman–Crippen LogP) is 6.62. The average Bonchev–Trinajstić information content (AvgIpc) is 2.65. The standard InChI is InChI=1S/C24H44O4/c1-7-9-11-12-14-16-22(24(26)28-18-20(5)6)21(15-13-10-8-2)23(25)27-17-19(3)4/h19-20H,7-18H2,1-6H3. The second-order valence-corrected chi connectivity index (χ2v) is 8.56. The van der Waals surface area contributed by atoms with Crippen LogP contribution in [0.4, 0.5) is 0 Å². The summed E-state index contributed by atoms with van der Waals surface area (Å²) in [4.78, 5) is 25.6. The number of ether oxygens (including phenoxy) is 2. The minimum Gasteiger partial charge on any atom is -0.462 e. The van der Waals surface area contributed by atoms with Gasteiger partial charge in [-0.2, -0.15) is 0 Å². The molecule has 0 aromatic carbocycles. The summed E-state index contributed by atoms with van der Waals surface area (Å²) in [6.07, 6.45) is 9.70. The Labute approximate surface area is 173 Å². The van der Waals surface area contributed by atoms with Gasteiger partial charge in [-0.15, -0.1) is 0 Å². The Kier molecular flexibility index (Phi) is 15.8. The van der Waals surface area contributed by atoms with Crippen LogP contribution in [0.1, 0.15) is 106 Å². The molecule has 0 radical (unpaired) electrons. The quantitative estimate of drug-likeness (QED) is 0.167. The first-order valence-corrected chi connectivity index (χ1v) is 11.4. The number of esters is 2.